The molecule has 114 valence electrons. The average Bonchev–Trinajstić information content (AvgIpc) is 2.90. The summed E-state index contributed by atoms with van der Waals surface area (Å²) in [7, 11) is -1.74. The molecule has 0 aromatic carbocycles. The van der Waals surface area contributed by atoms with E-state index in [0.29, 0.717) is 17.5 Å². The molecule has 1 aromatic heterocycles. The van der Waals surface area contributed by atoms with Crippen LogP contribution in [0.4, 0.5) is 0 Å². The van der Waals surface area contributed by atoms with E-state index >= 15 is 0 Å². The Balaban J connectivity index is 2.20. The number of thiophene rings is 1. The maximum absolute atomic E-state index is 11.6. The summed E-state index contributed by atoms with van der Waals surface area (Å²) >= 11 is 1.13. The molecule has 1 saturated carbocycles. The van der Waals surface area contributed by atoms with Crippen LogP contribution in [0.2, 0.25) is 0 Å². The van der Waals surface area contributed by atoms with Crippen LogP contribution in [0.3, 0.4) is 0 Å². The van der Waals surface area contributed by atoms with Crippen LogP contribution in [0, 0.1) is 5.92 Å². The van der Waals surface area contributed by atoms with Gasteiger partial charge in [-0.2, -0.15) is 0 Å². The van der Waals surface area contributed by atoms with Crippen molar-refractivity contribution < 1.29 is 13.5 Å². The molecule has 1 aliphatic rings. The zero-order valence-electron chi connectivity index (χ0n) is 11.6. The van der Waals surface area contributed by atoms with E-state index in [1.807, 2.05) is 7.05 Å². The van der Waals surface area contributed by atoms with Crippen molar-refractivity contribution in [2.24, 2.45) is 11.1 Å². The Morgan fingerprint density at radius 3 is 2.60 bits per heavy atom. The van der Waals surface area contributed by atoms with Crippen molar-refractivity contribution in [1.82, 2.24) is 5.32 Å². The molecule has 1 atom stereocenters. The highest BCUT2D eigenvalue weighted by Crippen LogP contribution is 2.39. The van der Waals surface area contributed by atoms with Gasteiger partial charge in [-0.3, -0.25) is 0 Å². The third-order valence-corrected chi connectivity index (χ3v) is 6.72. The number of sulfonamides is 1. The van der Waals surface area contributed by atoms with Gasteiger partial charge in [0.1, 0.15) is 4.21 Å². The van der Waals surface area contributed by atoms with Crippen molar-refractivity contribution in [2.45, 2.75) is 41.9 Å². The summed E-state index contributed by atoms with van der Waals surface area (Å²) in [6.45, 7) is -0.0336. The van der Waals surface area contributed by atoms with Crippen molar-refractivity contribution >= 4 is 21.4 Å². The number of aliphatic hydroxyl groups is 1. The van der Waals surface area contributed by atoms with Crippen molar-refractivity contribution in [2.75, 3.05) is 13.7 Å². The Labute approximate surface area is 124 Å². The van der Waals surface area contributed by atoms with Gasteiger partial charge in [-0.15, -0.1) is 11.3 Å². The second kappa shape index (κ2) is 6.53. The first-order valence-electron chi connectivity index (χ1n) is 6.85. The Kier molecular flexibility index (Phi) is 5.19. The molecule has 7 heteroatoms. The summed E-state index contributed by atoms with van der Waals surface area (Å²) in [5.41, 5.74) is 0.688. The Bertz CT molecular complexity index is 534. The van der Waals surface area contributed by atoms with Gasteiger partial charge in [0.2, 0.25) is 10.0 Å². The number of hydrogen-bond acceptors (Lipinski definition) is 5. The molecule has 0 radical (unpaired) electrons. The summed E-state index contributed by atoms with van der Waals surface area (Å²) in [5, 5.41) is 20.0. The Morgan fingerprint density at radius 2 is 2.10 bits per heavy atom. The summed E-state index contributed by atoms with van der Waals surface area (Å²) < 4.78 is 23.4. The summed E-state index contributed by atoms with van der Waals surface area (Å²) in [5.74, 6) is 0.187. The molecule has 0 unspecified atom stereocenters. The Hall–Kier alpha value is -0.470. The van der Waals surface area contributed by atoms with Gasteiger partial charge in [0.05, 0.1) is 6.61 Å². The second-order valence-electron chi connectivity index (χ2n) is 5.40. The number of primary sulfonamides is 1. The maximum Gasteiger partial charge on any atom is 0.247 e. The number of nitrogens with two attached hydrogens (primary N) is 1. The second-order valence-corrected chi connectivity index (χ2v) is 8.07. The molecule has 1 aromatic rings. The van der Waals surface area contributed by atoms with E-state index < -0.39 is 10.0 Å². The molecule has 1 aliphatic carbocycles. The van der Waals surface area contributed by atoms with Crippen LogP contribution in [-0.2, 0) is 10.0 Å². The van der Waals surface area contributed by atoms with Crippen LogP contribution in [0.5, 0.6) is 0 Å². The van der Waals surface area contributed by atoms with E-state index in [2.05, 4.69) is 5.32 Å². The first-order chi connectivity index (χ1) is 9.47. The smallest absolute Gasteiger partial charge is 0.247 e. The van der Waals surface area contributed by atoms with Crippen LogP contribution in [0.25, 0.3) is 0 Å². The molecule has 0 amide bonds. The average molecular weight is 318 g/mol. The lowest BCUT2D eigenvalue weighted by atomic mass is 9.76. The fraction of sp³-hybridized carbons (Fsp3) is 0.692. The van der Waals surface area contributed by atoms with Gasteiger partial charge < -0.3 is 10.4 Å². The van der Waals surface area contributed by atoms with Crippen molar-refractivity contribution in [3.63, 3.8) is 0 Å². The molecule has 0 bridgehead atoms. The van der Waals surface area contributed by atoms with Crippen molar-refractivity contribution in [1.29, 1.82) is 0 Å². The molecule has 2 rings (SSSR count). The molecule has 1 fully saturated rings. The van der Waals surface area contributed by atoms with E-state index in [1.165, 1.54) is 0 Å². The predicted octanol–water partition coefficient (Wildman–Crippen LogP) is 1.25. The lowest BCUT2D eigenvalue weighted by Gasteiger charge is -2.33. The largest absolute Gasteiger partial charge is 0.396 e. The minimum absolute atomic E-state index is 0.0336. The van der Waals surface area contributed by atoms with Crippen molar-refractivity contribution in [3.05, 3.63) is 17.0 Å². The highest BCUT2D eigenvalue weighted by molar-refractivity contribution is 7.91. The third kappa shape index (κ3) is 3.40. The van der Waals surface area contributed by atoms with Crippen LogP contribution in [0.15, 0.2) is 15.7 Å². The molecule has 0 spiro atoms. The van der Waals surface area contributed by atoms with E-state index in [0.717, 1.165) is 37.0 Å². The van der Waals surface area contributed by atoms with Crippen LogP contribution >= 0.6 is 11.3 Å². The van der Waals surface area contributed by atoms with E-state index in [4.69, 9.17) is 5.14 Å². The van der Waals surface area contributed by atoms with E-state index in [1.54, 1.807) is 11.4 Å². The first-order valence-corrected chi connectivity index (χ1v) is 9.28. The molecule has 0 saturated heterocycles. The van der Waals surface area contributed by atoms with Gasteiger partial charge in [-0.25, -0.2) is 13.6 Å². The van der Waals surface area contributed by atoms with Gasteiger partial charge >= 0.3 is 0 Å². The fourth-order valence-electron chi connectivity index (χ4n) is 3.12. The summed E-state index contributed by atoms with van der Waals surface area (Å²) in [6.07, 6.45) is 4.12. The highest BCUT2D eigenvalue weighted by Gasteiger charge is 2.31. The minimum atomic E-state index is -3.70. The quantitative estimate of drug-likeness (QED) is 0.762. The standard InChI is InChI=1S/C13H22N2O3S2/c1-15-10-4-2-9(3-5-10)12(8-16)11-6-7-19-13(11)20(14,17)18/h6-7,9-10,12,15-16H,2-5,8H2,1H3,(H2,14,17,18)/t9?,10?,12-/m0/s1. The molecular formula is C13H22N2O3S2. The van der Waals surface area contributed by atoms with Crippen LogP contribution < -0.4 is 10.5 Å². The molecule has 1 heterocycles. The summed E-state index contributed by atoms with van der Waals surface area (Å²) in [6, 6.07) is 2.32. The third-order valence-electron chi connectivity index (χ3n) is 4.26. The Morgan fingerprint density at radius 1 is 1.45 bits per heavy atom. The maximum atomic E-state index is 11.6. The molecule has 0 aliphatic heterocycles. The normalized spacial score (nSPS) is 25.6. The highest BCUT2D eigenvalue weighted by atomic mass is 32.2. The summed E-state index contributed by atoms with van der Waals surface area (Å²) in [4.78, 5) is 0. The van der Waals surface area contributed by atoms with Gasteiger partial charge in [0, 0.05) is 12.0 Å². The van der Waals surface area contributed by atoms with Gasteiger partial charge in [-0.1, -0.05) is 0 Å². The van der Waals surface area contributed by atoms with Crippen LogP contribution in [0.1, 0.15) is 37.2 Å². The molecule has 4 N–H and O–H groups in total. The molecular weight excluding hydrogens is 296 g/mol. The number of aliphatic hydroxyl groups excluding tert-OH is 1. The lowest BCUT2D eigenvalue weighted by Crippen LogP contribution is -2.32. The molecule has 5 nitrogen and oxygen atoms in total. The fourth-order valence-corrected chi connectivity index (χ4v) is 5.07. The van der Waals surface area contributed by atoms with Crippen molar-refractivity contribution in [3.8, 4) is 0 Å². The monoisotopic (exact) mass is 318 g/mol. The van der Waals surface area contributed by atoms with Gasteiger partial charge in [0.15, 0.2) is 0 Å². The zero-order chi connectivity index (χ0) is 14.8. The molecule has 20 heavy (non-hydrogen) atoms. The number of nitrogens with one attached hydrogen (secondary N) is 1. The van der Waals surface area contributed by atoms with Gasteiger partial charge in [-0.05, 0) is 55.7 Å². The van der Waals surface area contributed by atoms with Gasteiger partial charge in [0.25, 0.3) is 0 Å². The number of rotatable bonds is 5. The van der Waals surface area contributed by atoms with Crippen LogP contribution in [-0.4, -0.2) is 33.2 Å². The first kappa shape index (κ1) is 15.9. The van der Waals surface area contributed by atoms with E-state index in [-0.39, 0.29) is 16.7 Å². The topological polar surface area (TPSA) is 92.4 Å². The lowest BCUT2D eigenvalue weighted by molar-refractivity contribution is 0.184. The van der Waals surface area contributed by atoms with E-state index in [9.17, 15) is 13.5 Å². The zero-order valence-corrected chi connectivity index (χ0v) is 13.2. The minimum Gasteiger partial charge on any atom is -0.396 e. The SMILES string of the molecule is CNC1CCC([C@H](CO)c2ccsc2S(N)(=O)=O)CC1. The predicted molar refractivity (Wildman–Crippen MR) is 80.3 cm³/mol. The number of hydrogen-bond donors (Lipinski definition) is 3.